The molecule has 3 nitrogen and oxygen atoms in total. The molecule has 8 heteroatoms. The summed E-state index contributed by atoms with van der Waals surface area (Å²) in [6.45, 7) is 10.9. The third-order valence-electron chi connectivity index (χ3n) is 4.43. The summed E-state index contributed by atoms with van der Waals surface area (Å²) in [6.07, 6.45) is -3.23. The van der Waals surface area contributed by atoms with Gasteiger partial charge in [-0.25, -0.2) is 0 Å². The van der Waals surface area contributed by atoms with Crippen molar-refractivity contribution in [1.29, 1.82) is 0 Å². The lowest BCUT2D eigenvalue weighted by molar-refractivity contribution is -0.135. The lowest BCUT2D eigenvalue weighted by Crippen LogP contribution is -2.41. The smallest absolute Gasteiger partial charge is 0.389 e. The Hall–Kier alpha value is -0.860. The van der Waals surface area contributed by atoms with Crippen molar-refractivity contribution < 1.29 is 17.9 Å². The first-order chi connectivity index (χ1) is 12.7. The predicted octanol–water partition coefficient (Wildman–Crippen LogP) is 6.58. The fourth-order valence-electron chi connectivity index (χ4n) is 2.84. The molecule has 0 spiro atoms. The first-order valence-corrected chi connectivity index (χ1v) is 10.5. The van der Waals surface area contributed by atoms with E-state index in [1.165, 1.54) is 11.9 Å². The molecule has 1 aliphatic rings. The Labute approximate surface area is 173 Å². The molecule has 0 bridgehead atoms. The lowest BCUT2D eigenvalue weighted by atomic mass is 10.1. The third-order valence-corrected chi connectivity index (χ3v) is 6.05. The van der Waals surface area contributed by atoms with Crippen molar-refractivity contribution >= 4 is 33.6 Å². The second-order valence-electron chi connectivity index (χ2n) is 6.29. The van der Waals surface area contributed by atoms with E-state index in [1.54, 1.807) is 7.11 Å². The number of halogens is 4. The van der Waals surface area contributed by atoms with Crippen LogP contribution in [0, 0.1) is 0 Å². The van der Waals surface area contributed by atoms with Crippen molar-refractivity contribution in [1.82, 2.24) is 4.72 Å². The average molecular weight is 469 g/mol. The Balaban J connectivity index is 0.00000176. The highest BCUT2D eigenvalue weighted by atomic mass is 79.9. The van der Waals surface area contributed by atoms with Crippen LogP contribution in [0.5, 0.6) is 5.75 Å². The van der Waals surface area contributed by atoms with Crippen LogP contribution in [0.1, 0.15) is 39.5 Å². The van der Waals surface area contributed by atoms with E-state index in [4.69, 9.17) is 4.74 Å². The highest BCUT2D eigenvalue weighted by Crippen LogP contribution is 2.41. The molecular formula is C19H28BrF3N2OS. The molecule has 154 valence electrons. The molecular weight excluding hydrogens is 441 g/mol. The van der Waals surface area contributed by atoms with E-state index in [0.29, 0.717) is 19.0 Å². The van der Waals surface area contributed by atoms with Crippen LogP contribution in [0.4, 0.5) is 18.9 Å². The quantitative estimate of drug-likeness (QED) is 0.376. The van der Waals surface area contributed by atoms with Crippen LogP contribution in [0.3, 0.4) is 0 Å². The molecule has 1 heterocycles. The van der Waals surface area contributed by atoms with Crippen LogP contribution in [-0.4, -0.2) is 31.9 Å². The van der Waals surface area contributed by atoms with Gasteiger partial charge in [0, 0.05) is 29.9 Å². The molecule has 1 aliphatic heterocycles. The first-order valence-electron chi connectivity index (χ1n) is 8.88. The molecule has 0 radical (unpaired) electrons. The largest absolute Gasteiger partial charge is 0.496 e. The molecule has 0 saturated carbocycles. The summed E-state index contributed by atoms with van der Waals surface area (Å²) in [5.74, 6) is 0.743. The van der Waals surface area contributed by atoms with Gasteiger partial charge < -0.3 is 9.64 Å². The summed E-state index contributed by atoms with van der Waals surface area (Å²) in [6, 6.07) is 4.29. The molecule has 1 aromatic carbocycles. The number of hydrogen-bond acceptors (Lipinski definition) is 4. The van der Waals surface area contributed by atoms with Crippen LogP contribution in [0.25, 0.3) is 0 Å². The third kappa shape index (κ3) is 7.23. The topological polar surface area (TPSA) is 24.5 Å². The Morgan fingerprint density at radius 2 is 2.07 bits per heavy atom. The highest BCUT2D eigenvalue weighted by molar-refractivity contribution is 9.10. The van der Waals surface area contributed by atoms with E-state index in [9.17, 15) is 13.2 Å². The standard InChI is InChI=1S/C17H24BrF3N2OS.C2H4/c1-4-11(2)23-10-12(6-5-7-17(19,20)21)22-25-16-9-15(24-3)13(18)8-14(16)23;1-2/h8-9,11-12,22H,4-7,10H2,1-3H3;1-2H2. The van der Waals surface area contributed by atoms with E-state index in [2.05, 4.69) is 52.6 Å². The number of benzene rings is 1. The molecule has 0 fully saturated rings. The molecule has 1 N–H and O–H groups in total. The Bertz CT molecular complexity index is 601. The monoisotopic (exact) mass is 468 g/mol. The van der Waals surface area contributed by atoms with Crippen LogP contribution in [0.15, 0.2) is 34.7 Å². The molecule has 27 heavy (non-hydrogen) atoms. The van der Waals surface area contributed by atoms with Crippen LogP contribution in [-0.2, 0) is 0 Å². The molecule has 0 amide bonds. The van der Waals surface area contributed by atoms with E-state index >= 15 is 0 Å². The zero-order valence-electron chi connectivity index (χ0n) is 16.0. The number of methoxy groups -OCH3 is 1. The van der Waals surface area contributed by atoms with Gasteiger partial charge in [0.15, 0.2) is 0 Å². The van der Waals surface area contributed by atoms with Gasteiger partial charge in [0.25, 0.3) is 0 Å². The molecule has 0 saturated heterocycles. The summed E-state index contributed by atoms with van der Waals surface area (Å²) < 4.78 is 46.9. The maximum atomic E-state index is 12.4. The minimum Gasteiger partial charge on any atom is -0.496 e. The number of nitrogens with one attached hydrogen (secondary N) is 1. The SMILES string of the molecule is C=C.CCC(C)N1CC(CCCC(F)(F)F)NSc2cc(OC)c(Br)cc21. The number of ether oxygens (including phenoxy) is 1. The second-order valence-corrected chi connectivity index (χ2v) is 8.02. The summed E-state index contributed by atoms with van der Waals surface area (Å²) in [7, 11) is 1.62. The number of fused-ring (bicyclic) bond motifs is 1. The van der Waals surface area contributed by atoms with Crippen molar-refractivity contribution in [3.63, 3.8) is 0 Å². The lowest BCUT2D eigenvalue weighted by Gasteiger charge is -2.33. The van der Waals surface area contributed by atoms with Crippen molar-refractivity contribution in [3.8, 4) is 5.75 Å². The number of hydrogen-bond donors (Lipinski definition) is 1. The second kappa shape index (κ2) is 11.2. The van der Waals surface area contributed by atoms with Gasteiger partial charge in [-0.3, -0.25) is 4.72 Å². The molecule has 0 aliphatic carbocycles. The Morgan fingerprint density at radius 1 is 1.41 bits per heavy atom. The summed E-state index contributed by atoms with van der Waals surface area (Å²) in [5, 5.41) is 0. The van der Waals surface area contributed by atoms with Gasteiger partial charge in [-0.15, -0.1) is 13.2 Å². The van der Waals surface area contributed by atoms with Crippen LogP contribution < -0.4 is 14.4 Å². The normalized spacial score (nSPS) is 18.0. The number of alkyl halides is 3. The van der Waals surface area contributed by atoms with Crippen molar-refractivity contribution in [3.05, 3.63) is 29.8 Å². The number of rotatable bonds is 6. The Morgan fingerprint density at radius 3 is 2.63 bits per heavy atom. The van der Waals surface area contributed by atoms with Gasteiger partial charge in [0.05, 0.1) is 17.3 Å². The summed E-state index contributed by atoms with van der Waals surface area (Å²) in [4.78, 5) is 3.31. The number of anilines is 1. The molecule has 1 aromatic rings. The molecule has 2 atom stereocenters. The van der Waals surface area contributed by atoms with Crippen LogP contribution in [0.2, 0.25) is 0 Å². The summed E-state index contributed by atoms with van der Waals surface area (Å²) in [5.41, 5.74) is 1.08. The fraction of sp³-hybridized carbons (Fsp3) is 0.579. The zero-order chi connectivity index (χ0) is 20.6. The fourth-order valence-corrected chi connectivity index (χ4v) is 4.27. The average Bonchev–Trinajstić information content (AvgIpc) is 2.80. The predicted molar refractivity (Wildman–Crippen MR) is 112 cm³/mol. The van der Waals surface area contributed by atoms with Crippen LogP contribution >= 0.6 is 27.9 Å². The maximum absolute atomic E-state index is 12.4. The van der Waals surface area contributed by atoms with Gasteiger partial charge in [-0.05, 0) is 66.2 Å². The minimum absolute atomic E-state index is 0.00137. The van der Waals surface area contributed by atoms with E-state index < -0.39 is 12.6 Å². The molecule has 2 unspecified atom stereocenters. The van der Waals surface area contributed by atoms with Gasteiger partial charge in [0.1, 0.15) is 5.75 Å². The van der Waals surface area contributed by atoms with Gasteiger partial charge >= 0.3 is 6.18 Å². The van der Waals surface area contributed by atoms with Gasteiger partial charge in [0.2, 0.25) is 0 Å². The number of nitrogens with zero attached hydrogens (tertiary/aromatic N) is 1. The zero-order valence-corrected chi connectivity index (χ0v) is 18.4. The van der Waals surface area contributed by atoms with E-state index in [0.717, 1.165) is 27.2 Å². The van der Waals surface area contributed by atoms with Crippen molar-refractivity contribution in [2.24, 2.45) is 0 Å². The first kappa shape index (κ1) is 24.2. The minimum atomic E-state index is -4.09. The van der Waals surface area contributed by atoms with Crippen molar-refractivity contribution in [2.45, 2.75) is 62.7 Å². The summed E-state index contributed by atoms with van der Waals surface area (Å²) >= 11 is 5.00. The molecule has 2 rings (SSSR count). The Kier molecular flexibility index (Phi) is 10.0. The van der Waals surface area contributed by atoms with Crippen molar-refractivity contribution in [2.75, 3.05) is 18.6 Å². The molecule has 0 aromatic heterocycles. The highest BCUT2D eigenvalue weighted by Gasteiger charge is 2.29. The van der Waals surface area contributed by atoms with E-state index in [-0.39, 0.29) is 12.5 Å². The van der Waals surface area contributed by atoms with E-state index in [1.807, 2.05) is 12.1 Å². The van der Waals surface area contributed by atoms with Gasteiger partial charge in [-0.2, -0.15) is 13.2 Å². The van der Waals surface area contributed by atoms with Gasteiger partial charge in [-0.1, -0.05) is 6.92 Å². The maximum Gasteiger partial charge on any atom is 0.389 e.